The van der Waals surface area contributed by atoms with E-state index >= 15 is 0 Å². The fourth-order valence-corrected chi connectivity index (χ4v) is 2.22. The van der Waals surface area contributed by atoms with E-state index in [0.29, 0.717) is 6.42 Å². The summed E-state index contributed by atoms with van der Waals surface area (Å²) in [7, 11) is 1.28. The Morgan fingerprint density at radius 1 is 1.59 bits per heavy atom. The van der Waals surface area contributed by atoms with Crippen LogP contribution in [0.5, 0.6) is 0 Å². The van der Waals surface area contributed by atoms with Gasteiger partial charge >= 0.3 is 6.09 Å². The topological polar surface area (TPSA) is 81.4 Å². The van der Waals surface area contributed by atoms with Crippen LogP contribution >= 0.6 is 0 Å². The van der Waals surface area contributed by atoms with E-state index in [-0.39, 0.29) is 6.04 Å². The molecule has 0 saturated heterocycles. The van der Waals surface area contributed by atoms with Crippen molar-refractivity contribution in [3.63, 3.8) is 0 Å². The third-order valence-electron chi connectivity index (χ3n) is 2.96. The Morgan fingerprint density at radius 3 is 3.00 bits per heavy atom. The van der Waals surface area contributed by atoms with Gasteiger partial charge in [-0.3, -0.25) is 4.79 Å². The molecule has 2 amide bonds. The maximum Gasteiger partial charge on any atom is 0.407 e. The second-order valence-electron chi connectivity index (χ2n) is 3.95. The van der Waals surface area contributed by atoms with Crippen molar-refractivity contribution in [3.05, 3.63) is 35.4 Å². The molecule has 17 heavy (non-hydrogen) atoms. The van der Waals surface area contributed by atoms with Gasteiger partial charge in [0.05, 0.1) is 19.1 Å². The van der Waals surface area contributed by atoms with Gasteiger partial charge in [0, 0.05) is 0 Å². The van der Waals surface area contributed by atoms with Crippen LogP contribution in [-0.4, -0.2) is 25.2 Å². The van der Waals surface area contributed by atoms with Crippen molar-refractivity contribution in [2.75, 3.05) is 7.11 Å². The number of carbonyl (C=O) groups excluding carboxylic acids is 2. The van der Waals surface area contributed by atoms with Crippen LogP contribution < -0.4 is 11.1 Å². The number of ether oxygens (including phenoxy) is 1. The molecular weight excluding hydrogens is 220 g/mol. The molecule has 1 radical (unpaired) electrons. The van der Waals surface area contributed by atoms with E-state index in [9.17, 15) is 9.59 Å². The maximum atomic E-state index is 11.5. The van der Waals surface area contributed by atoms with Gasteiger partial charge in [0.25, 0.3) is 0 Å². The van der Waals surface area contributed by atoms with Crippen LogP contribution in [0, 0.1) is 6.07 Å². The Morgan fingerprint density at radius 2 is 2.35 bits per heavy atom. The average molecular weight is 233 g/mol. The zero-order valence-corrected chi connectivity index (χ0v) is 9.40. The van der Waals surface area contributed by atoms with E-state index in [1.165, 1.54) is 7.11 Å². The Labute approximate surface area is 98.9 Å². The van der Waals surface area contributed by atoms with E-state index in [2.05, 4.69) is 16.1 Å². The molecule has 1 aliphatic rings. The van der Waals surface area contributed by atoms with Crippen LogP contribution in [0.25, 0.3) is 0 Å². The van der Waals surface area contributed by atoms with E-state index in [1.54, 1.807) is 6.07 Å². The first-order valence-corrected chi connectivity index (χ1v) is 5.26. The van der Waals surface area contributed by atoms with Gasteiger partial charge in [0.1, 0.15) is 0 Å². The third kappa shape index (κ3) is 2.08. The molecule has 2 unspecified atom stereocenters. The standard InChI is InChI=1S/C12H13N2O3/c1-17-12(16)14-9-6-7-4-2-3-5-8(7)10(9)11(13)15/h3-5,9-10H,6H2,1H3,(H2,13,15)(H,14,16). The number of rotatable bonds is 2. The van der Waals surface area contributed by atoms with Gasteiger partial charge in [-0.25, -0.2) is 4.79 Å². The monoisotopic (exact) mass is 233 g/mol. The summed E-state index contributed by atoms with van der Waals surface area (Å²) < 4.78 is 4.53. The van der Waals surface area contributed by atoms with Gasteiger partial charge in [-0.2, -0.15) is 0 Å². The highest BCUT2D eigenvalue weighted by atomic mass is 16.5. The first kappa shape index (κ1) is 11.4. The lowest BCUT2D eigenvalue weighted by Gasteiger charge is -2.17. The molecule has 0 saturated carbocycles. The van der Waals surface area contributed by atoms with Crippen molar-refractivity contribution >= 4 is 12.0 Å². The van der Waals surface area contributed by atoms with Crippen molar-refractivity contribution < 1.29 is 14.3 Å². The minimum absolute atomic E-state index is 0.342. The first-order valence-electron chi connectivity index (χ1n) is 5.26. The van der Waals surface area contributed by atoms with Gasteiger partial charge < -0.3 is 15.8 Å². The van der Waals surface area contributed by atoms with Gasteiger partial charge in [-0.05, 0) is 23.6 Å². The SMILES string of the molecule is COC(=O)NC1Cc2c[c]ccc2C1C(N)=O. The highest BCUT2D eigenvalue weighted by molar-refractivity contribution is 5.85. The summed E-state index contributed by atoms with van der Waals surface area (Å²) >= 11 is 0. The minimum atomic E-state index is -0.557. The van der Waals surface area contributed by atoms with Crippen LogP contribution in [0.3, 0.4) is 0 Å². The fraction of sp³-hybridized carbons (Fsp3) is 0.333. The van der Waals surface area contributed by atoms with E-state index in [4.69, 9.17) is 5.73 Å². The number of hydrogen-bond acceptors (Lipinski definition) is 3. The predicted molar refractivity (Wildman–Crippen MR) is 60.2 cm³/mol. The lowest BCUT2D eigenvalue weighted by atomic mass is 9.98. The van der Waals surface area contributed by atoms with Crippen LogP contribution in [-0.2, 0) is 16.0 Å². The number of primary amides is 1. The number of methoxy groups -OCH3 is 1. The normalized spacial score (nSPS) is 21.7. The van der Waals surface area contributed by atoms with E-state index in [1.807, 2.05) is 12.1 Å². The number of nitrogens with two attached hydrogens (primary N) is 1. The molecule has 2 atom stereocenters. The summed E-state index contributed by atoms with van der Waals surface area (Å²) in [5, 5.41) is 2.63. The lowest BCUT2D eigenvalue weighted by Crippen LogP contribution is -2.42. The van der Waals surface area contributed by atoms with Gasteiger partial charge in [0.15, 0.2) is 0 Å². The summed E-state index contributed by atoms with van der Waals surface area (Å²) in [5.74, 6) is -0.949. The molecule has 2 rings (SSSR count). The summed E-state index contributed by atoms with van der Waals surface area (Å²) in [4.78, 5) is 22.7. The Bertz CT molecular complexity index is 459. The second-order valence-corrected chi connectivity index (χ2v) is 3.95. The predicted octanol–water partition coefficient (Wildman–Crippen LogP) is 0.336. The smallest absolute Gasteiger partial charge is 0.407 e. The number of carbonyl (C=O) groups is 2. The molecule has 0 heterocycles. The molecule has 5 heteroatoms. The zero-order valence-electron chi connectivity index (χ0n) is 9.40. The van der Waals surface area contributed by atoms with E-state index in [0.717, 1.165) is 11.1 Å². The number of alkyl carbamates (subject to hydrolysis) is 1. The number of nitrogens with one attached hydrogen (secondary N) is 1. The molecule has 0 aliphatic heterocycles. The highest BCUT2D eigenvalue weighted by Crippen LogP contribution is 2.32. The van der Waals surface area contributed by atoms with Gasteiger partial charge in [-0.1, -0.05) is 18.2 Å². The summed E-state index contributed by atoms with van der Waals surface area (Å²) in [6.07, 6.45) is 0.00749. The van der Waals surface area contributed by atoms with Crippen LogP contribution in [0.1, 0.15) is 17.0 Å². The minimum Gasteiger partial charge on any atom is -0.453 e. The number of amides is 2. The Balaban J connectivity index is 2.27. The summed E-state index contributed by atoms with van der Waals surface area (Å²) in [6.45, 7) is 0. The molecule has 0 aromatic heterocycles. The molecular formula is C12H13N2O3. The van der Waals surface area contributed by atoms with Gasteiger partial charge in [0.2, 0.25) is 5.91 Å². The molecule has 0 fully saturated rings. The molecule has 1 aromatic carbocycles. The molecule has 5 nitrogen and oxygen atoms in total. The molecule has 0 spiro atoms. The van der Waals surface area contributed by atoms with Crippen molar-refractivity contribution in [2.45, 2.75) is 18.4 Å². The lowest BCUT2D eigenvalue weighted by molar-refractivity contribution is -0.119. The summed E-state index contributed by atoms with van der Waals surface area (Å²) in [6, 6.07) is 7.95. The maximum absolute atomic E-state index is 11.5. The quantitative estimate of drug-likeness (QED) is 0.772. The van der Waals surface area contributed by atoms with Gasteiger partial charge in [-0.15, -0.1) is 0 Å². The zero-order chi connectivity index (χ0) is 12.4. The number of hydrogen-bond donors (Lipinski definition) is 2. The first-order chi connectivity index (χ1) is 8.13. The van der Waals surface area contributed by atoms with Crippen molar-refractivity contribution in [1.82, 2.24) is 5.32 Å². The molecule has 3 N–H and O–H groups in total. The molecule has 1 aliphatic carbocycles. The number of fused-ring (bicyclic) bond motifs is 1. The molecule has 89 valence electrons. The fourth-order valence-electron chi connectivity index (χ4n) is 2.22. The Hall–Kier alpha value is -2.04. The van der Waals surface area contributed by atoms with Crippen molar-refractivity contribution in [2.24, 2.45) is 5.73 Å². The molecule has 1 aromatic rings. The Kier molecular flexibility index (Phi) is 2.99. The summed E-state index contributed by atoms with van der Waals surface area (Å²) in [5.41, 5.74) is 7.22. The molecule has 0 bridgehead atoms. The highest BCUT2D eigenvalue weighted by Gasteiger charge is 2.37. The van der Waals surface area contributed by atoms with Crippen molar-refractivity contribution in [1.29, 1.82) is 0 Å². The number of benzene rings is 1. The van der Waals surface area contributed by atoms with Crippen LogP contribution in [0.4, 0.5) is 4.79 Å². The largest absolute Gasteiger partial charge is 0.453 e. The van der Waals surface area contributed by atoms with Crippen LogP contribution in [0.2, 0.25) is 0 Å². The van der Waals surface area contributed by atoms with Crippen LogP contribution in [0.15, 0.2) is 18.2 Å². The van der Waals surface area contributed by atoms with E-state index < -0.39 is 17.9 Å². The third-order valence-corrected chi connectivity index (χ3v) is 2.96. The second kappa shape index (κ2) is 4.45. The average Bonchev–Trinajstić information content (AvgIpc) is 2.66. The van der Waals surface area contributed by atoms with Crippen molar-refractivity contribution in [3.8, 4) is 0 Å².